The zero-order valence-electron chi connectivity index (χ0n) is 21.5. The maximum absolute atomic E-state index is 13.1. The van der Waals surface area contributed by atoms with Crippen LogP contribution in [0.4, 0.5) is 0 Å². The molecule has 0 amide bonds. The van der Waals surface area contributed by atoms with Crippen LogP contribution in [-0.2, 0) is 23.7 Å². The number of aliphatic hydroxyl groups is 1. The van der Waals surface area contributed by atoms with Crippen molar-refractivity contribution in [1.82, 2.24) is 0 Å². The Balaban J connectivity index is 1.65. The van der Waals surface area contributed by atoms with Gasteiger partial charge in [-0.15, -0.1) is 0 Å². The number of hydrogen-bond acceptors (Lipinski definition) is 10. The zero-order chi connectivity index (χ0) is 26.8. The molecule has 3 fully saturated rings. The lowest BCUT2D eigenvalue weighted by Crippen LogP contribution is -2.79. The molecular formula is C27H32O10. The van der Waals surface area contributed by atoms with Gasteiger partial charge in [-0.2, -0.15) is 0 Å². The van der Waals surface area contributed by atoms with E-state index in [9.17, 15) is 19.5 Å². The quantitative estimate of drug-likeness (QED) is 0.463. The van der Waals surface area contributed by atoms with Crippen LogP contribution in [0.25, 0.3) is 0 Å². The first-order chi connectivity index (χ1) is 17.3. The summed E-state index contributed by atoms with van der Waals surface area (Å²) in [6.45, 7) is 8.38. The molecule has 1 spiro atoms. The second-order valence-corrected chi connectivity index (χ2v) is 11.2. The molecule has 1 saturated heterocycles. The van der Waals surface area contributed by atoms with Crippen molar-refractivity contribution in [2.75, 3.05) is 0 Å². The van der Waals surface area contributed by atoms with E-state index in [1.54, 1.807) is 26.0 Å². The summed E-state index contributed by atoms with van der Waals surface area (Å²) in [6, 6.07) is 6.14. The van der Waals surface area contributed by atoms with E-state index in [2.05, 4.69) is 0 Å². The molecule has 7 atom stereocenters. The highest BCUT2D eigenvalue weighted by Crippen LogP contribution is 2.68. The Bertz CT molecular complexity index is 1180. The van der Waals surface area contributed by atoms with Gasteiger partial charge in [0.2, 0.25) is 11.5 Å². The first-order valence-corrected chi connectivity index (χ1v) is 12.4. The molecule has 10 heteroatoms. The Morgan fingerprint density at radius 1 is 0.919 bits per heavy atom. The molecule has 10 nitrogen and oxygen atoms in total. The largest absolute Gasteiger partial charge is 0.462 e. The maximum atomic E-state index is 13.1. The first-order valence-electron chi connectivity index (χ1n) is 12.4. The highest BCUT2D eigenvalue weighted by Gasteiger charge is 2.82. The van der Waals surface area contributed by atoms with Crippen molar-refractivity contribution in [3.8, 4) is 0 Å². The third-order valence-corrected chi connectivity index (χ3v) is 8.62. The van der Waals surface area contributed by atoms with Crippen LogP contribution in [0.1, 0.15) is 75.0 Å². The van der Waals surface area contributed by atoms with Gasteiger partial charge in [-0.3, -0.25) is 4.79 Å². The molecule has 3 aliphatic rings. The third kappa shape index (κ3) is 3.64. The van der Waals surface area contributed by atoms with E-state index in [1.165, 1.54) is 31.6 Å². The van der Waals surface area contributed by atoms with Crippen molar-refractivity contribution in [3.05, 3.63) is 48.3 Å². The Labute approximate surface area is 214 Å². The number of esters is 3. The highest BCUT2D eigenvalue weighted by atomic mass is 16.6. The van der Waals surface area contributed by atoms with Gasteiger partial charge in [0, 0.05) is 12.8 Å². The minimum Gasteiger partial charge on any atom is -0.462 e. The lowest BCUT2D eigenvalue weighted by molar-refractivity contribution is -0.326. The molecule has 2 aliphatic carbocycles. The van der Waals surface area contributed by atoms with Gasteiger partial charge in [-0.05, 0) is 71.2 Å². The highest BCUT2D eigenvalue weighted by molar-refractivity contribution is 5.87. The smallest absolute Gasteiger partial charge is 0.374 e. The fraction of sp³-hybridized carbons (Fsp3) is 0.593. The number of hydrogen-bond donors (Lipinski definition) is 1. The van der Waals surface area contributed by atoms with Crippen molar-refractivity contribution in [2.45, 2.75) is 89.0 Å². The summed E-state index contributed by atoms with van der Waals surface area (Å²) in [5.41, 5.74) is -5.35. The van der Waals surface area contributed by atoms with E-state index in [4.69, 9.17) is 27.8 Å². The standard InChI is InChI=1S/C27H32O10/c1-15(28)34-19-10-11-25(4,31)27-21(36-23(30)18-9-7-13-33-18)16(24(2,3)37-27)14-20(26(19,27)5)35-22(29)17-8-6-12-32-17/h6-9,12-13,16,19-21,31H,10-11,14H2,1-5H3/t16-,19+,20+,21-,25-,26+,27+/m1/s1. The van der Waals surface area contributed by atoms with Crippen molar-refractivity contribution >= 4 is 17.9 Å². The van der Waals surface area contributed by atoms with Crippen LogP contribution in [-0.4, -0.2) is 58.1 Å². The van der Waals surface area contributed by atoms with Gasteiger partial charge < -0.3 is 32.9 Å². The zero-order valence-corrected chi connectivity index (χ0v) is 21.5. The average molecular weight is 517 g/mol. The molecule has 0 unspecified atom stereocenters. The van der Waals surface area contributed by atoms with Gasteiger partial charge in [-0.25, -0.2) is 9.59 Å². The van der Waals surface area contributed by atoms with Gasteiger partial charge in [0.15, 0.2) is 0 Å². The summed E-state index contributed by atoms with van der Waals surface area (Å²) in [6.07, 6.45) is 0.800. The fourth-order valence-corrected chi connectivity index (χ4v) is 6.94. The molecule has 1 aliphatic heterocycles. The normalized spacial score (nSPS) is 37.9. The van der Waals surface area contributed by atoms with E-state index in [1.807, 2.05) is 13.8 Å². The topological polar surface area (TPSA) is 135 Å². The van der Waals surface area contributed by atoms with E-state index < -0.39 is 64.4 Å². The van der Waals surface area contributed by atoms with Gasteiger partial charge in [-0.1, -0.05) is 0 Å². The second kappa shape index (κ2) is 8.46. The van der Waals surface area contributed by atoms with Crippen molar-refractivity contribution in [2.24, 2.45) is 11.3 Å². The molecular weight excluding hydrogens is 484 g/mol. The summed E-state index contributed by atoms with van der Waals surface area (Å²) in [5, 5.41) is 12.0. The fourth-order valence-electron chi connectivity index (χ4n) is 6.94. The molecule has 0 radical (unpaired) electrons. The predicted molar refractivity (Wildman–Crippen MR) is 125 cm³/mol. The minimum atomic E-state index is -1.60. The van der Waals surface area contributed by atoms with E-state index >= 15 is 0 Å². The SMILES string of the molecule is CC(=O)O[C@H]1CC[C@@](C)(O)[C@]23OC(C)(C)[C@H](C[C@H](OC(=O)c4ccco4)[C@]12C)[C@H]3OC(=O)c1ccco1. The predicted octanol–water partition coefficient (Wildman–Crippen LogP) is 3.67. The van der Waals surface area contributed by atoms with Crippen LogP contribution in [0.2, 0.25) is 0 Å². The van der Waals surface area contributed by atoms with Crippen LogP contribution < -0.4 is 0 Å². The summed E-state index contributed by atoms with van der Waals surface area (Å²) < 4.78 is 35.2. The van der Waals surface area contributed by atoms with Crippen molar-refractivity contribution in [1.29, 1.82) is 0 Å². The van der Waals surface area contributed by atoms with Crippen LogP contribution in [0.15, 0.2) is 45.6 Å². The molecule has 2 bridgehead atoms. The van der Waals surface area contributed by atoms with Gasteiger partial charge in [0.05, 0.1) is 29.1 Å². The number of furan rings is 2. The average Bonchev–Trinajstić information content (AvgIpc) is 3.55. The number of ether oxygens (including phenoxy) is 4. The first kappa shape index (κ1) is 25.5. The number of rotatable bonds is 5. The summed E-state index contributed by atoms with van der Waals surface area (Å²) in [7, 11) is 0. The Kier molecular flexibility index (Phi) is 5.84. The molecule has 5 rings (SSSR count). The molecule has 3 heterocycles. The summed E-state index contributed by atoms with van der Waals surface area (Å²) in [4.78, 5) is 38.4. The van der Waals surface area contributed by atoms with Crippen LogP contribution >= 0.6 is 0 Å². The van der Waals surface area contributed by atoms with Crippen molar-refractivity contribution < 1.29 is 47.3 Å². The number of carbonyl (C=O) groups excluding carboxylic acids is 3. The van der Waals surface area contributed by atoms with Gasteiger partial charge in [0.25, 0.3) is 0 Å². The number of carbonyl (C=O) groups is 3. The second-order valence-electron chi connectivity index (χ2n) is 11.2. The molecule has 2 aromatic heterocycles. The summed E-state index contributed by atoms with van der Waals surface area (Å²) in [5.74, 6) is -2.38. The lowest BCUT2D eigenvalue weighted by atomic mass is 9.47. The monoisotopic (exact) mass is 516 g/mol. The van der Waals surface area contributed by atoms with Crippen LogP contribution in [0.3, 0.4) is 0 Å². The Hall–Kier alpha value is -3.11. The maximum Gasteiger partial charge on any atom is 0.374 e. The van der Waals surface area contributed by atoms with Crippen molar-refractivity contribution in [3.63, 3.8) is 0 Å². The van der Waals surface area contributed by atoms with E-state index in [-0.39, 0.29) is 30.8 Å². The Morgan fingerprint density at radius 3 is 2.05 bits per heavy atom. The lowest BCUT2D eigenvalue weighted by Gasteiger charge is -2.64. The summed E-state index contributed by atoms with van der Waals surface area (Å²) >= 11 is 0. The number of fused-ring (bicyclic) bond motifs is 1. The Morgan fingerprint density at radius 2 is 1.51 bits per heavy atom. The molecule has 0 aromatic carbocycles. The van der Waals surface area contributed by atoms with E-state index in [0.717, 1.165) is 0 Å². The van der Waals surface area contributed by atoms with Crippen LogP contribution in [0, 0.1) is 11.3 Å². The molecule has 1 N–H and O–H groups in total. The van der Waals surface area contributed by atoms with E-state index in [0.29, 0.717) is 0 Å². The van der Waals surface area contributed by atoms with Gasteiger partial charge in [0.1, 0.15) is 23.9 Å². The van der Waals surface area contributed by atoms with Gasteiger partial charge >= 0.3 is 17.9 Å². The van der Waals surface area contributed by atoms with Crippen LogP contribution in [0.5, 0.6) is 0 Å². The third-order valence-electron chi connectivity index (χ3n) is 8.62. The molecule has 37 heavy (non-hydrogen) atoms. The minimum absolute atomic E-state index is 0.00803. The molecule has 2 aromatic rings. The molecule has 200 valence electrons. The molecule has 2 saturated carbocycles.